The van der Waals surface area contributed by atoms with Crippen LogP contribution < -0.4 is 10.1 Å². The fourth-order valence-corrected chi connectivity index (χ4v) is 4.64. The van der Waals surface area contributed by atoms with Gasteiger partial charge in [0.1, 0.15) is 12.4 Å². The maximum Gasteiger partial charge on any atom is 0.255 e. The van der Waals surface area contributed by atoms with Crippen molar-refractivity contribution in [3.8, 4) is 5.75 Å². The Morgan fingerprint density at radius 3 is 2.47 bits per heavy atom. The van der Waals surface area contributed by atoms with Crippen molar-refractivity contribution in [2.75, 3.05) is 20.2 Å². The van der Waals surface area contributed by atoms with E-state index in [1.165, 1.54) is 20.0 Å². The van der Waals surface area contributed by atoms with Crippen molar-refractivity contribution in [3.63, 3.8) is 0 Å². The number of ether oxygens (including phenoxy) is 1. The zero-order chi connectivity index (χ0) is 21.7. The second-order valence-corrected chi connectivity index (χ2v) is 8.35. The third-order valence-corrected chi connectivity index (χ3v) is 6.53. The van der Waals surface area contributed by atoms with E-state index in [0.717, 1.165) is 25.1 Å². The van der Waals surface area contributed by atoms with Crippen molar-refractivity contribution in [1.29, 1.82) is 0 Å². The third kappa shape index (κ3) is 4.36. The summed E-state index contributed by atoms with van der Waals surface area (Å²) in [6.07, 6.45) is 3.27. The van der Waals surface area contributed by atoms with E-state index in [1.54, 1.807) is 12.1 Å². The number of methoxy groups -OCH3 is 1. The Bertz CT molecular complexity index is 865. The minimum Gasteiger partial charge on any atom is -0.496 e. The molecule has 1 amide bonds. The number of hydrogen-bond donors (Lipinski definition) is 1. The molecule has 0 radical (unpaired) electrons. The lowest BCUT2D eigenvalue weighted by Crippen LogP contribution is -2.54. The molecule has 3 rings (SSSR count). The number of rotatable bonds is 8. The van der Waals surface area contributed by atoms with Gasteiger partial charge < -0.3 is 10.1 Å². The first-order chi connectivity index (χ1) is 14.4. The Labute approximate surface area is 179 Å². The van der Waals surface area contributed by atoms with E-state index in [1.807, 2.05) is 25.1 Å². The molecule has 2 unspecified atom stereocenters. The van der Waals surface area contributed by atoms with Gasteiger partial charge in [-0.3, -0.25) is 9.69 Å². The van der Waals surface area contributed by atoms with E-state index in [4.69, 9.17) is 4.74 Å². The summed E-state index contributed by atoms with van der Waals surface area (Å²) in [5.74, 6) is 0.216. The smallest absolute Gasteiger partial charge is 0.255 e. The number of benzene rings is 2. The first-order valence-electron chi connectivity index (χ1n) is 10.8. The summed E-state index contributed by atoms with van der Waals surface area (Å²) in [7, 11) is 1.52. The number of halogens is 1. The van der Waals surface area contributed by atoms with Gasteiger partial charge in [-0.2, -0.15) is 0 Å². The molecule has 0 spiro atoms. The number of nitrogens with zero attached hydrogens (tertiary/aromatic N) is 1. The van der Waals surface area contributed by atoms with Gasteiger partial charge >= 0.3 is 0 Å². The molecule has 2 atom stereocenters. The van der Waals surface area contributed by atoms with Crippen molar-refractivity contribution in [2.24, 2.45) is 0 Å². The van der Waals surface area contributed by atoms with Crippen LogP contribution in [0.5, 0.6) is 5.75 Å². The summed E-state index contributed by atoms with van der Waals surface area (Å²) in [4.78, 5) is 16.0. The van der Waals surface area contributed by atoms with Crippen molar-refractivity contribution in [1.82, 2.24) is 10.2 Å². The van der Waals surface area contributed by atoms with E-state index in [0.29, 0.717) is 22.4 Å². The maximum absolute atomic E-state index is 13.5. The molecule has 1 saturated heterocycles. The largest absolute Gasteiger partial charge is 0.496 e. The lowest BCUT2D eigenvalue weighted by atomic mass is 9.82. The average molecular weight is 413 g/mol. The van der Waals surface area contributed by atoms with Gasteiger partial charge in [-0.15, -0.1) is 0 Å². The zero-order valence-corrected chi connectivity index (χ0v) is 18.5. The Morgan fingerprint density at radius 2 is 1.90 bits per heavy atom. The van der Waals surface area contributed by atoms with Crippen molar-refractivity contribution in [2.45, 2.75) is 58.3 Å². The summed E-state index contributed by atoms with van der Waals surface area (Å²) in [5.41, 5.74) is 2.56. The number of carbonyl (C=O) groups excluding carboxylic acids is 1. The van der Waals surface area contributed by atoms with Crippen molar-refractivity contribution in [3.05, 3.63) is 64.7 Å². The normalized spacial score (nSPS) is 17.4. The quantitative estimate of drug-likeness (QED) is 0.647. The Hall–Kier alpha value is -2.40. The molecule has 2 aromatic rings. The summed E-state index contributed by atoms with van der Waals surface area (Å²) in [5, 5.41) is 3.32. The lowest BCUT2D eigenvalue weighted by Gasteiger charge is -2.45. The van der Waals surface area contributed by atoms with Crippen LogP contribution in [0.3, 0.4) is 0 Å². The van der Waals surface area contributed by atoms with Gasteiger partial charge in [-0.25, -0.2) is 4.39 Å². The Kier molecular flexibility index (Phi) is 7.14. The highest BCUT2D eigenvalue weighted by molar-refractivity contribution is 5.98. The fraction of sp³-hybridized carbons (Fsp3) is 0.480. The van der Waals surface area contributed by atoms with Crippen LogP contribution in [0.4, 0.5) is 4.39 Å². The molecule has 4 nitrogen and oxygen atoms in total. The number of carbonyl (C=O) groups is 1. The first kappa shape index (κ1) is 22.3. The van der Waals surface area contributed by atoms with Crippen molar-refractivity contribution >= 4 is 5.91 Å². The molecule has 0 saturated carbocycles. The zero-order valence-electron chi connectivity index (χ0n) is 18.5. The van der Waals surface area contributed by atoms with Crippen LogP contribution in [0.25, 0.3) is 0 Å². The standard InChI is InChI=1S/C25H33FN2O2/c1-5-25(3,28-13-9-10-14-28)23(20-11-7-6-8-12-20)27-24(29)22-18(2)15-19(17-26)16-21(22)30-4/h6-8,11-12,15-16,23H,5,9-10,13-14,17H2,1-4H3,(H,27,29). The second kappa shape index (κ2) is 9.61. The highest BCUT2D eigenvalue weighted by Crippen LogP contribution is 2.37. The SMILES string of the molecule is CCC(C)(C(NC(=O)c1c(C)cc(CF)cc1OC)c1ccccc1)N1CCCC1. The summed E-state index contributed by atoms with van der Waals surface area (Å²) >= 11 is 0. The second-order valence-electron chi connectivity index (χ2n) is 8.35. The van der Waals surface area contributed by atoms with Crippen LogP contribution in [0.1, 0.15) is 66.2 Å². The molecule has 0 bridgehead atoms. The molecule has 1 aliphatic rings. The highest BCUT2D eigenvalue weighted by atomic mass is 19.1. The van der Waals surface area contributed by atoms with Crippen LogP contribution in [0, 0.1) is 6.92 Å². The van der Waals surface area contributed by atoms with Gasteiger partial charge in [0.25, 0.3) is 5.91 Å². The maximum atomic E-state index is 13.5. The van der Waals surface area contributed by atoms with E-state index >= 15 is 0 Å². The highest BCUT2D eigenvalue weighted by Gasteiger charge is 2.41. The number of nitrogens with one attached hydrogen (secondary N) is 1. The van der Waals surface area contributed by atoms with Gasteiger partial charge in [0.2, 0.25) is 0 Å². The number of aryl methyl sites for hydroxylation is 1. The molecule has 5 heteroatoms. The lowest BCUT2D eigenvalue weighted by molar-refractivity contribution is 0.0683. The number of likely N-dealkylation sites (tertiary alicyclic amines) is 1. The van der Waals surface area contributed by atoms with E-state index in [9.17, 15) is 9.18 Å². The van der Waals surface area contributed by atoms with Crippen LogP contribution in [-0.4, -0.2) is 36.5 Å². The first-order valence-corrected chi connectivity index (χ1v) is 10.8. The average Bonchev–Trinajstić information content (AvgIpc) is 3.32. The summed E-state index contributed by atoms with van der Waals surface area (Å²) in [6, 6.07) is 13.3. The van der Waals surface area contributed by atoms with Gasteiger partial charge in [0.15, 0.2) is 0 Å². The minimum absolute atomic E-state index is 0.181. The molecule has 1 heterocycles. The fourth-order valence-electron chi connectivity index (χ4n) is 4.64. The van der Waals surface area contributed by atoms with Gasteiger partial charge in [-0.1, -0.05) is 43.3 Å². The molecule has 0 aliphatic carbocycles. The molecule has 1 aliphatic heterocycles. The molecular weight excluding hydrogens is 379 g/mol. The van der Waals surface area contributed by atoms with Crippen LogP contribution in [0.2, 0.25) is 0 Å². The van der Waals surface area contributed by atoms with Gasteiger partial charge in [-0.05, 0) is 69.0 Å². The van der Waals surface area contributed by atoms with Crippen LogP contribution >= 0.6 is 0 Å². The number of amides is 1. The number of alkyl halides is 1. The van der Waals surface area contributed by atoms with Crippen LogP contribution in [-0.2, 0) is 6.67 Å². The van der Waals surface area contributed by atoms with E-state index in [-0.39, 0.29) is 17.5 Å². The minimum atomic E-state index is -0.589. The molecule has 1 fully saturated rings. The topological polar surface area (TPSA) is 41.6 Å². The molecule has 2 aromatic carbocycles. The van der Waals surface area contributed by atoms with Crippen molar-refractivity contribution < 1.29 is 13.9 Å². The summed E-state index contributed by atoms with van der Waals surface area (Å²) < 4.78 is 18.7. The Morgan fingerprint density at radius 1 is 1.23 bits per heavy atom. The molecule has 1 N–H and O–H groups in total. The molecule has 30 heavy (non-hydrogen) atoms. The van der Waals surface area contributed by atoms with E-state index < -0.39 is 6.67 Å². The summed E-state index contributed by atoms with van der Waals surface area (Å²) in [6.45, 7) is 7.74. The van der Waals surface area contributed by atoms with Gasteiger partial charge in [0.05, 0.1) is 18.7 Å². The monoisotopic (exact) mass is 412 g/mol. The van der Waals surface area contributed by atoms with E-state index in [2.05, 4.69) is 36.2 Å². The molecule has 0 aromatic heterocycles. The third-order valence-electron chi connectivity index (χ3n) is 6.53. The molecular formula is C25H33FN2O2. The van der Waals surface area contributed by atoms with Crippen LogP contribution in [0.15, 0.2) is 42.5 Å². The predicted octanol–water partition coefficient (Wildman–Crippen LogP) is 5.21. The van der Waals surface area contributed by atoms with Gasteiger partial charge in [0, 0.05) is 5.54 Å². The Balaban J connectivity index is 2.01. The predicted molar refractivity (Wildman–Crippen MR) is 119 cm³/mol. The molecule has 162 valence electrons. The number of hydrogen-bond acceptors (Lipinski definition) is 3.